The van der Waals surface area contributed by atoms with Crippen LogP contribution in [-0.4, -0.2) is 30.7 Å². The van der Waals surface area contributed by atoms with Crippen LogP contribution in [0.5, 0.6) is 0 Å². The van der Waals surface area contributed by atoms with E-state index in [9.17, 15) is 14.5 Å². The SMILES string of the molecule is COC1(C)CCCN(c2cc(F)cc([N+](=O)[O-])c2)C1. The van der Waals surface area contributed by atoms with Crippen LogP contribution in [0.25, 0.3) is 0 Å². The number of hydrogen-bond acceptors (Lipinski definition) is 4. The van der Waals surface area contributed by atoms with Crippen LogP contribution >= 0.6 is 0 Å². The van der Waals surface area contributed by atoms with E-state index in [1.807, 2.05) is 11.8 Å². The van der Waals surface area contributed by atoms with Gasteiger partial charge in [-0.2, -0.15) is 0 Å². The van der Waals surface area contributed by atoms with Gasteiger partial charge in [0.15, 0.2) is 0 Å². The van der Waals surface area contributed by atoms with Crippen molar-refractivity contribution in [3.8, 4) is 0 Å². The van der Waals surface area contributed by atoms with Crippen LogP contribution in [0, 0.1) is 15.9 Å². The molecule has 0 aliphatic carbocycles. The average molecular weight is 268 g/mol. The molecule has 19 heavy (non-hydrogen) atoms. The predicted molar refractivity (Wildman–Crippen MR) is 69.9 cm³/mol. The van der Waals surface area contributed by atoms with Gasteiger partial charge in [0, 0.05) is 32.0 Å². The molecule has 1 aromatic rings. The summed E-state index contributed by atoms with van der Waals surface area (Å²) >= 11 is 0. The molecule has 6 heteroatoms. The summed E-state index contributed by atoms with van der Waals surface area (Å²) in [6, 6.07) is 3.67. The Morgan fingerprint density at radius 1 is 1.47 bits per heavy atom. The van der Waals surface area contributed by atoms with E-state index in [1.54, 1.807) is 7.11 Å². The number of rotatable bonds is 3. The Bertz CT molecular complexity index is 495. The van der Waals surface area contributed by atoms with Gasteiger partial charge in [0.25, 0.3) is 5.69 Å². The van der Waals surface area contributed by atoms with Gasteiger partial charge in [-0.15, -0.1) is 0 Å². The summed E-state index contributed by atoms with van der Waals surface area (Å²) in [7, 11) is 1.65. The number of nitrogens with zero attached hydrogens (tertiary/aromatic N) is 2. The number of halogens is 1. The second-order valence-electron chi connectivity index (χ2n) is 5.10. The third-order valence-electron chi connectivity index (χ3n) is 3.60. The molecule has 0 amide bonds. The van der Waals surface area contributed by atoms with E-state index in [2.05, 4.69) is 0 Å². The molecule has 1 aliphatic rings. The van der Waals surface area contributed by atoms with E-state index >= 15 is 0 Å². The van der Waals surface area contributed by atoms with Crippen LogP contribution in [0.1, 0.15) is 19.8 Å². The largest absolute Gasteiger partial charge is 0.377 e. The first-order valence-corrected chi connectivity index (χ1v) is 6.19. The third kappa shape index (κ3) is 3.01. The zero-order chi connectivity index (χ0) is 14.0. The van der Waals surface area contributed by atoms with Crippen LogP contribution in [-0.2, 0) is 4.74 Å². The van der Waals surface area contributed by atoms with Crippen LogP contribution in [0.3, 0.4) is 0 Å². The Morgan fingerprint density at radius 3 is 2.84 bits per heavy atom. The molecule has 104 valence electrons. The highest BCUT2D eigenvalue weighted by atomic mass is 19.1. The summed E-state index contributed by atoms with van der Waals surface area (Å²) in [5.41, 5.74) is 0.0219. The zero-order valence-corrected chi connectivity index (χ0v) is 11.1. The molecule has 0 spiro atoms. The average Bonchev–Trinajstić information content (AvgIpc) is 2.38. The lowest BCUT2D eigenvalue weighted by molar-refractivity contribution is -0.385. The maximum atomic E-state index is 13.5. The molecule has 2 rings (SSSR count). The minimum absolute atomic E-state index is 0.223. The molecule has 1 fully saturated rings. The van der Waals surface area contributed by atoms with Crippen molar-refractivity contribution in [2.75, 3.05) is 25.1 Å². The van der Waals surface area contributed by atoms with Gasteiger partial charge in [0.2, 0.25) is 0 Å². The Kier molecular flexibility index (Phi) is 3.71. The van der Waals surface area contributed by atoms with Gasteiger partial charge in [-0.1, -0.05) is 0 Å². The number of benzene rings is 1. The molecular weight excluding hydrogens is 251 g/mol. The lowest BCUT2D eigenvalue weighted by Crippen LogP contribution is -2.47. The number of hydrogen-bond donors (Lipinski definition) is 0. The van der Waals surface area contributed by atoms with Crippen molar-refractivity contribution in [2.24, 2.45) is 0 Å². The summed E-state index contributed by atoms with van der Waals surface area (Å²) in [4.78, 5) is 12.1. The Balaban J connectivity index is 2.28. The second kappa shape index (κ2) is 5.13. The molecule has 1 aromatic carbocycles. The summed E-state index contributed by atoms with van der Waals surface area (Å²) in [5, 5.41) is 10.8. The normalized spacial score (nSPS) is 23.4. The molecule has 5 nitrogen and oxygen atoms in total. The fraction of sp³-hybridized carbons (Fsp3) is 0.538. The van der Waals surface area contributed by atoms with Crippen molar-refractivity contribution in [1.29, 1.82) is 0 Å². The lowest BCUT2D eigenvalue weighted by atomic mass is 9.94. The van der Waals surface area contributed by atoms with E-state index in [-0.39, 0.29) is 11.3 Å². The fourth-order valence-corrected chi connectivity index (χ4v) is 2.44. The molecule has 1 heterocycles. The molecule has 0 N–H and O–H groups in total. The highest BCUT2D eigenvalue weighted by Gasteiger charge is 2.31. The van der Waals surface area contributed by atoms with Gasteiger partial charge in [-0.25, -0.2) is 4.39 Å². The van der Waals surface area contributed by atoms with Crippen LogP contribution in [0.2, 0.25) is 0 Å². The minimum Gasteiger partial charge on any atom is -0.377 e. The number of nitro groups is 1. The molecule has 0 bridgehead atoms. The lowest BCUT2D eigenvalue weighted by Gasteiger charge is -2.40. The molecule has 1 aliphatic heterocycles. The Morgan fingerprint density at radius 2 is 2.21 bits per heavy atom. The summed E-state index contributed by atoms with van der Waals surface area (Å²) < 4.78 is 18.9. The predicted octanol–water partition coefficient (Wildman–Crippen LogP) is 2.74. The molecule has 0 radical (unpaired) electrons. The maximum absolute atomic E-state index is 13.5. The number of nitro benzene ring substituents is 1. The maximum Gasteiger partial charge on any atom is 0.274 e. The third-order valence-corrected chi connectivity index (χ3v) is 3.60. The van der Waals surface area contributed by atoms with E-state index in [4.69, 9.17) is 4.74 Å². The highest BCUT2D eigenvalue weighted by Crippen LogP contribution is 2.30. The first kappa shape index (κ1) is 13.7. The topological polar surface area (TPSA) is 55.6 Å². The quantitative estimate of drug-likeness (QED) is 0.624. The first-order chi connectivity index (χ1) is 8.93. The van der Waals surface area contributed by atoms with Crippen molar-refractivity contribution in [3.63, 3.8) is 0 Å². The van der Waals surface area contributed by atoms with Crippen molar-refractivity contribution >= 4 is 11.4 Å². The van der Waals surface area contributed by atoms with Gasteiger partial charge in [-0.05, 0) is 25.8 Å². The van der Waals surface area contributed by atoms with Gasteiger partial charge >= 0.3 is 0 Å². The number of ether oxygens (including phenoxy) is 1. The van der Waals surface area contributed by atoms with Crippen LogP contribution < -0.4 is 4.90 Å². The Labute approximate surface area is 111 Å². The van der Waals surface area contributed by atoms with Crippen LogP contribution in [0.15, 0.2) is 18.2 Å². The highest BCUT2D eigenvalue weighted by molar-refractivity contribution is 5.54. The van der Waals surface area contributed by atoms with Gasteiger partial charge < -0.3 is 9.64 Å². The summed E-state index contributed by atoms with van der Waals surface area (Å²) in [6.45, 7) is 3.34. The zero-order valence-electron chi connectivity index (χ0n) is 11.1. The minimum atomic E-state index is -0.589. The Hall–Kier alpha value is -1.69. The monoisotopic (exact) mass is 268 g/mol. The van der Waals surface area contributed by atoms with Gasteiger partial charge in [0.1, 0.15) is 5.82 Å². The standard InChI is InChI=1S/C13H17FN2O3/c1-13(19-2)4-3-5-15(9-13)11-6-10(14)7-12(8-11)16(17)18/h6-8H,3-5,9H2,1-2H3. The number of anilines is 1. The summed E-state index contributed by atoms with van der Waals surface area (Å²) in [6.07, 6.45) is 1.84. The smallest absolute Gasteiger partial charge is 0.274 e. The van der Waals surface area contributed by atoms with Gasteiger partial charge in [-0.3, -0.25) is 10.1 Å². The molecule has 1 unspecified atom stereocenters. The van der Waals surface area contributed by atoms with Crippen molar-refractivity contribution in [1.82, 2.24) is 0 Å². The molecule has 1 atom stereocenters. The van der Waals surface area contributed by atoms with Gasteiger partial charge in [0.05, 0.1) is 16.6 Å². The van der Waals surface area contributed by atoms with Crippen LogP contribution in [0.4, 0.5) is 15.8 Å². The summed E-state index contributed by atoms with van der Waals surface area (Å²) in [5.74, 6) is -0.589. The van der Waals surface area contributed by atoms with Crippen molar-refractivity contribution < 1.29 is 14.1 Å². The van der Waals surface area contributed by atoms with E-state index < -0.39 is 10.7 Å². The van der Waals surface area contributed by atoms with Crippen molar-refractivity contribution in [2.45, 2.75) is 25.4 Å². The van der Waals surface area contributed by atoms with E-state index in [0.29, 0.717) is 12.2 Å². The molecule has 0 saturated carbocycles. The second-order valence-corrected chi connectivity index (χ2v) is 5.10. The molecule has 1 saturated heterocycles. The first-order valence-electron chi connectivity index (χ1n) is 6.19. The van der Waals surface area contributed by atoms with Crippen molar-refractivity contribution in [3.05, 3.63) is 34.1 Å². The molecular formula is C13H17FN2O3. The number of piperidine rings is 1. The van der Waals surface area contributed by atoms with E-state index in [0.717, 1.165) is 25.5 Å². The fourth-order valence-electron chi connectivity index (χ4n) is 2.44. The number of methoxy groups -OCH3 is 1. The van der Waals surface area contributed by atoms with E-state index in [1.165, 1.54) is 12.1 Å². The molecule has 0 aromatic heterocycles. The number of non-ortho nitro benzene ring substituents is 1.